The van der Waals surface area contributed by atoms with E-state index in [1.165, 1.54) is 11.1 Å². The zero-order valence-electron chi connectivity index (χ0n) is 17.3. The number of rotatable bonds is 4. The molecule has 0 bridgehead atoms. The first-order chi connectivity index (χ1) is 14.4. The number of aromatic nitrogens is 2. The molecule has 0 atom stereocenters. The lowest BCUT2D eigenvalue weighted by Gasteiger charge is -2.07. The van der Waals surface area contributed by atoms with Crippen LogP contribution in [0.4, 0.5) is 5.69 Å². The van der Waals surface area contributed by atoms with Gasteiger partial charge in [-0.15, -0.1) is 0 Å². The molecule has 0 aliphatic rings. The van der Waals surface area contributed by atoms with Gasteiger partial charge in [-0.2, -0.15) is 0 Å². The van der Waals surface area contributed by atoms with Crippen LogP contribution in [0.2, 0.25) is 0 Å². The summed E-state index contributed by atoms with van der Waals surface area (Å²) in [5.74, 6) is 1.34. The molecule has 5 nitrogen and oxygen atoms in total. The Kier molecular flexibility index (Phi) is 5.35. The summed E-state index contributed by atoms with van der Waals surface area (Å²) in [4.78, 5) is 17.4. The summed E-state index contributed by atoms with van der Waals surface area (Å²) >= 11 is 3.61. The van der Waals surface area contributed by atoms with Gasteiger partial charge in [0.15, 0.2) is 5.69 Å². The molecule has 0 aliphatic carbocycles. The number of aryl methyl sites for hydroxylation is 2. The molecule has 30 heavy (non-hydrogen) atoms. The van der Waals surface area contributed by atoms with Crippen LogP contribution in [0.5, 0.6) is 0 Å². The van der Waals surface area contributed by atoms with Gasteiger partial charge in [0.25, 0.3) is 5.56 Å². The van der Waals surface area contributed by atoms with E-state index in [0.717, 1.165) is 27.2 Å². The van der Waals surface area contributed by atoms with Crippen molar-refractivity contribution in [3.8, 4) is 17.0 Å². The number of para-hydroxylation sites is 1. The van der Waals surface area contributed by atoms with Gasteiger partial charge in [-0.1, -0.05) is 34.1 Å². The Balaban J connectivity index is 1.68. The highest BCUT2D eigenvalue weighted by Gasteiger charge is 2.15. The highest BCUT2D eigenvalue weighted by molar-refractivity contribution is 9.10. The van der Waals surface area contributed by atoms with E-state index < -0.39 is 0 Å². The Labute approximate surface area is 183 Å². The monoisotopic (exact) mass is 463 g/mol. The summed E-state index contributed by atoms with van der Waals surface area (Å²) in [5.41, 5.74) is 5.21. The van der Waals surface area contributed by atoms with Crippen LogP contribution >= 0.6 is 15.9 Å². The van der Waals surface area contributed by atoms with E-state index in [0.29, 0.717) is 11.4 Å². The van der Waals surface area contributed by atoms with Gasteiger partial charge >= 0.3 is 0 Å². The molecule has 4 rings (SSSR count). The topological polar surface area (TPSA) is 52.4 Å². The Morgan fingerprint density at radius 1 is 1.00 bits per heavy atom. The molecule has 2 aromatic heterocycles. The maximum Gasteiger partial charge on any atom is 0.297 e. The second-order valence-corrected chi connectivity index (χ2v) is 8.14. The minimum Gasteiger partial charge on any atom is -0.455 e. The van der Waals surface area contributed by atoms with Gasteiger partial charge in [0.1, 0.15) is 11.5 Å². The lowest BCUT2D eigenvalue weighted by atomic mass is 10.1. The predicted molar refractivity (Wildman–Crippen MR) is 124 cm³/mol. The van der Waals surface area contributed by atoms with Crippen molar-refractivity contribution in [3.05, 3.63) is 92.0 Å². The standard InChI is InChI=1S/C24H22BrN3O2/c1-15-12-20(21(25)13-16(15)2)22-11-10-19(30-22)14-26-23-17(3)27(4)28(24(23)29)18-8-6-5-7-9-18/h5-14H,1-4H3. The van der Waals surface area contributed by atoms with Crippen LogP contribution in [0, 0.1) is 20.8 Å². The van der Waals surface area contributed by atoms with Gasteiger partial charge in [0.2, 0.25) is 0 Å². The number of hydrogen-bond donors (Lipinski definition) is 0. The summed E-state index contributed by atoms with van der Waals surface area (Å²) in [6.07, 6.45) is 1.59. The molecule has 0 amide bonds. The third kappa shape index (κ3) is 3.59. The second kappa shape index (κ2) is 7.95. The summed E-state index contributed by atoms with van der Waals surface area (Å²) in [7, 11) is 1.85. The minimum absolute atomic E-state index is 0.166. The minimum atomic E-state index is -0.166. The van der Waals surface area contributed by atoms with Crippen molar-refractivity contribution in [3.63, 3.8) is 0 Å². The molecule has 0 aliphatic heterocycles. The summed E-state index contributed by atoms with van der Waals surface area (Å²) in [5, 5.41) is 0. The first-order valence-electron chi connectivity index (χ1n) is 9.62. The van der Waals surface area contributed by atoms with Crippen LogP contribution in [-0.4, -0.2) is 15.6 Å². The number of halogens is 1. The molecule has 2 aromatic carbocycles. The van der Waals surface area contributed by atoms with E-state index in [2.05, 4.69) is 46.9 Å². The highest BCUT2D eigenvalue weighted by atomic mass is 79.9. The van der Waals surface area contributed by atoms with Crippen molar-refractivity contribution in [2.75, 3.05) is 0 Å². The van der Waals surface area contributed by atoms with Crippen LogP contribution in [0.25, 0.3) is 17.0 Å². The molecule has 0 saturated carbocycles. The molecule has 4 aromatic rings. The van der Waals surface area contributed by atoms with Gasteiger partial charge in [-0.25, -0.2) is 9.67 Å². The highest BCUT2D eigenvalue weighted by Crippen LogP contribution is 2.32. The maximum atomic E-state index is 13.0. The van der Waals surface area contributed by atoms with Gasteiger partial charge in [-0.3, -0.25) is 9.48 Å². The fourth-order valence-electron chi connectivity index (χ4n) is 3.37. The van der Waals surface area contributed by atoms with Crippen molar-refractivity contribution in [2.24, 2.45) is 12.0 Å². The number of furan rings is 1. The number of benzene rings is 2. The first kappa shape index (κ1) is 20.2. The van der Waals surface area contributed by atoms with Gasteiger partial charge in [0, 0.05) is 17.1 Å². The van der Waals surface area contributed by atoms with Crippen LogP contribution in [-0.2, 0) is 7.05 Å². The van der Waals surface area contributed by atoms with Gasteiger partial charge in [-0.05, 0) is 68.3 Å². The van der Waals surface area contributed by atoms with Crippen LogP contribution in [0.1, 0.15) is 22.6 Å². The lowest BCUT2D eigenvalue weighted by Crippen LogP contribution is -2.19. The average Bonchev–Trinajstić information content (AvgIpc) is 3.27. The zero-order valence-corrected chi connectivity index (χ0v) is 18.9. The molecule has 0 fully saturated rings. The predicted octanol–water partition coefficient (Wildman–Crippen LogP) is 5.87. The van der Waals surface area contributed by atoms with Crippen LogP contribution in [0.3, 0.4) is 0 Å². The molecule has 2 heterocycles. The Hall–Kier alpha value is -3.12. The second-order valence-electron chi connectivity index (χ2n) is 7.29. The van der Waals surface area contributed by atoms with Crippen molar-refractivity contribution >= 4 is 27.8 Å². The molecule has 0 N–H and O–H groups in total. The van der Waals surface area contributed by atoms with Crippen molar-refractivity contribution in [1.29, 1.82) is 0 Å². The quantitative estimate of drug-likeness (QED) is 0.355. The van der Waals surface area contributed by atoms with Crippen molar-refractivity contribution < 1.29 is 4.42 Å². The molecule has 0 unspecified atom stereocenters. The largest absolute Gasteiger partial charge is 0.455 e. The maximum absolute atomic E-state index is 13.0. The normalized spacial score (nSPS) is 11.5. The summed E-state index contributed by atoms with van der Waals surface area (Å²) in [6.45, 7) is 6.04. The Morgan fingerprint density at radius 2 is 1.70 bits per heavy atom. The van der Waals surface area contributed by atoms with E-state index in [9.17, 15) is 4.79 Å². The summed E-state index contributed by atoms with van der Waals surface area (Å²) < 4.78 is 10.4. The smallest absolute Gasteiger partial charge is 0.297 e. The van der Waals surface area contributed by atoms with E-state index in [4.69, 9.17) is 4.42 Å². The van der Waals surface area contributed by atoms with E-state index in [1.54, 1.807) is 10.9 Å². The molecule has 152 valence electrons. The van der Waals surface area contributed by atoms with E-state index >= 15 is 0 Å². The van der Waals surface area contributed by atoms with Crippen molar-refractivity contribution in [1.82, 2.24) is 9.36 Å². The molecule has 0 spiro atoms. The number of aliphatic imine (C=N–C) groups is 1. The van der Waals surface area contributed by atoms with Gasteiger partial charge in [0.05, 0.1) is 17.6 Å². The summed E-state index contributed by atoms with van der Waals surface area (Å²) in [6, 6.07) is 17.5. The Morgan fingerprint density at radius 3 is 2.43 bits per heavy atom. The van der Waals surface area contributed by atoms with Gasteiger partial charge < -0.3 is 4.42 Å². The lowest BCUT2D eigenvalue weighted by molar-refractivity contribution is 0.575. The first-order valence-corrected chi connectivity index (χ1v) is 10.4. The zero-order chi connectivity index (χ0) is 21.4. The van der Waals surface area contributed by atoms with Crippen molar-refractivity contribution in [2.45, 2.75) is 20.8 Å². The molecule has 0 saturated heterocycles. The molecular weight excluding hydrogens is 442 g/mol. The average molecular weight is 464 g/mol. The van der Waals surface area contributed by atoms with E-state index in [-0.39, 0.29) is 5.56 Å². The SMILES string of the molecule is Cc1cc(Br)c(-c2ccc(C=Nc3c(C)n(C)n(-c4ccccc4)c3=O)o2)cc1C. The van der Waals surface area contributed by atoms with E-state index in [1.807, 2.05) is 61.1 Å². The van der Waals surface area contributed by atoms with Crippen LogP contribution < -0.4 is 5.56 Å². The molecule has 0 radical (unpaired) electrons. The fraction of sp³-hybridized carbons (Fsp3) is 0.167. The third-order valence-electron chi connectivity index (χ3n) is 5.32. The number of nitrogens with zero attached hydrogens (tertiary/aromatic N) is 3. The third-order valence-corrected chi connectivity index (χ3v) is 5.98. The fourth-order valence-corrected chi connectivity index (χ4v) is 4.02. The molecular formula is C24H22BrN3O2. The molecule has 6 heteroatoms. The number of hydrogen-bond acceptors (Lipinski definition) is 3. The Bertz CT molecular complexity index is 1310. The van der Waals surface area contributed by atoms with Crippen LogP contribution in [0.15, 0.2) is 73.3 Å².